The third-order valence-electron chi connectivity index (χ3n) is 3.90. The summed E-state index contributed by atoms with van der Waals surface area (Å²) >= 11 is 0. The zero-order valence-electron chi connectivity index (χ0n) is 12.2. The zero-order valence-corrected chi connectivity index (χ0v) is 12.2. The van der Waals surface area contributed by atoms with Gasteiger partial charge in [-0.15, -0.1) is 0 Å². The lowest BCUT2D eigenvalue weighted by molar-refractivity contribution is -0.0990. The van der Waals surface area contributed by atoms with Gasteiger partial charge in [-0.3, -0.25) is 14.9 Å². The number of nitrogens with zero attached hydrogens (tertiary/aromatic N) is 3. The van der Waals surface area contributed by atoms with E-state index in [4.69, 9.17) is 0 Å². The lowest BCUT2D eigenvalue weighted by Crippen LogP contribution is -2.55. The maximum atomic E-state index is 11.5. The van der Waals surface area contributed by atoms with Crippen LogP contribution in [0.3, 0.4) is 0 Å². The summed E-state index contributed by atoms with van der Waals surface area (Å²) in [5, 5.41) is 14.8. The molecular weight excluding hydrogens is 264 g/mol. The van der Waals surface area contributed by atoms with Crippen molar-refractivity contribution in [3.05, 3.63) is 59.7 Å². The van der Waals surface area contributed by atoms with E-state index < -0.39 is 5.72 Å². The van der Waals surface area contributed by atoms with Crippen LogP contribution in [-0.4, -0.2) is 39.7 Å². The highest BCUT2D eigenvalue weighted by molar-refractivity contribution is 5.32. The number of rotatable bonds is 3. The molecule has 5 nitrogen and oxygen atoms in total. The molecule has 2 N–H and O–H groups in total. The van der Waals surface area contributed by atoms with E-state index >= 15 is 0 Å². The Morgan fingerprint density at radius 1 is 1.19 bits per heavy atom. The molecule has 0 radical (unpaired) electrons. The fourth-order valence-electron chi connectivity index (χ4n) is 2.82. The molecule has 1 unspecified atom stereocenters. The van der Waals surface area contributed by atoms with Crippen molar-refractivity contribution in [3.63, 3.8) is 0 Å². The third-order valence-corrected chi connectivity index (χ3v) is 3.90. The molecule has 0 bridgehead atoms. The normalized spacial score (nSPS) is 19.1. The molecule has 1 aliphatic rings. The quantitative estimate of drug-likeness (QED) is 0.888. The van der Waals surface area contributed by atoms with E-state index in [1.807, 2.05) is 42.2 Å². The maximum absolute atomic E-state index is 11.5. The molecule has 0 aromatic carbocycles. The highest BCUT2D eigenvalue weighted by Crippen LogP contribution is 2.33. The Kier molecular flexibility index (Phi) is 3.96. The molecular formula is C16H20N4O. The molecule has 3 rings (SSSR count). The van der Waals surface area contributed by atoms with E-state index in [1.165, 1.54) is 0 Å². The van der Waals surface area contributed by atoms with Crippen LogP contribution in [0.4, 0.5) is 0 Å². The van der Waals surface area contributed by atoms with Gasteiger partial charge in [-0.25, -0.2) is 0 Å². The van der Waals surface area contributed by atoms with Crippen molar-refractivity contribution in [1.82, 2.24) is 20.2 Å². The van der Waals surface area contributed by atoms with Gasteiger partial charge in [0.1, 0.15) is 0 Å². The fraction of sp³-hybridized carbons (Fsp3) is 0.375. The molecule has 2 aromatic rings. The Balaban J connectivity index is 2.12. The second-order valence-corrected chi connectivity index (χ2v) is 5.33. The van der Waals surface area contributed by atoms with Crippen molar-refractivity contribution in [2.24, 2.45) is 0 Å². The average Bonchev–Trinajstić information content (AvgIpc) is 2.56. The molecule has 5 heteroatoms. The topological polar surface area (TPSA) is 61.3 Å². The van der Waals surface area contributed by atoms with Crippen molar-refractivity contribution in [1.29, 1.82) is 0 Å². The number of pyridine rings is 2. The molecule has 3 heterocycles. The molecule has 1 aliphatic heterocycles. The van der Waals surface area contributed by atoms with Crippen molar-refractivity contribution >= 4 is 0 Å². The molecule has 1 fully saturated rings. The largest absolute Gasteiger partial charge is 0.365 e. The molecule has 21 heavy (non-hydrogen) atoms. The van der Waals surface area contributed by atoms with Crippen LogP contribution in [0.2, 0.25) is 0 Å². The number of aryl methyl sites for hydroxylation is 1. The van der Waals surface area contributed by atoms with Gasteiger partial charge in [0, 0.05) is 18.9 Å². The SMILES string of the molecule is Cc1cccnc1C(O)(c1ccccn1)N1CCCNC1. The first kappa shape index (κ1) is 14.1. The molecule has 0 aliphatic carbocycles. The van der Waals surface area contributed by atoms with Gasteiger partial charge in [0.25, 0.3) is 0 Å². The van der Waals surface area contributed by atoms with Gasteiger partial charge < -0.3 is 10.4 Å². The minimum atomic E-state index is -1.31. The summed E-state index contributed by atoms with van der Waals surface area (Å²) < 4.78 is 0. The number of hydrogen-bond donors (Lipinski definition) is 2. The van der Waals surface area contributed by atoms with Crippen LogP contribution in [0.15, 0.2) is 42.7 Å². The van der Waals surface area contributed by atoms with E-state index in [0.717, 1.165) is 25.1 Å². The molecule has 0 spiro atoms. The van der Waals surface area contributed by atoms with Crippen molar-refractivity contribution in [3.8, 4) is 0 Å². The standard InChI is InChI=1S/C16H20N4O/c1-13-6-4-10-19-15(13)16(21,14-7-2-3-9-18-14)20-11-5-8-17-12-20/h2-4,6-7,9-10,17,21H,5,8,11-12H2,1H3. The van der Waals surface area contributed by atoms with Gasteiger partial charge >= 0.3 is 0 Å². The molecule has 0 saturated carbocycles. The Labute approximate surface area is 124 Å². The van der Waals surface area contributed by atoms with E-state index in [0.29, 0.717) is 18.1 Å². The molecule has 1 atom stereocenters. The Morgan fingerprint density at radius 3 is 2.71 bits per heavy atom. The monoisotopic (exact) mass is 284 g/mol. The van der Waals surface area contributed by atoms with Crippen LogP contribution in [0.5, 0.6) is 0 Å². The summed E-state index contributed by atoms with van der Waals surface area (Å²) in [5.74, 6) is 0. The van der Waals surface area contributed by atoms with Crippen LogP contribution < -0.4 is 5.32 Å². The summed E-state index contributed by atoms with van der Waals surface area (Å²) in [6.45, 7) is 4.35. The van der Waals surface area contributed by atoms with E-state index in [9.17, 15) is 5.11 Å². The van der Waals surface area contributed by atoms with Crippen molar-refractivity contribution in [2.75, 3.05) is 19.8 Å². The van der Waals surface area contributed by atoms with Gasteiger partial charge in [-0.1, -0.05) is 12.1 Å². The molecule has 2 aromatic heterocycles. The van der Waals surface area contributed by atoms with Gasteiger partial charge in [0.05, 0.1) is 18.1 Å². The number of hydrogen-bond acceptors (Lipinski definition) is 5. The summed E-state index contributed by atoms with van der Waals surface area (Å²) in [6, 6.07) is 9.44. The van der Waals surface area contributed by atoms with Crippen LogP contribution in [0.25, 0.3) is 0 Å². The first-order chi connectivity index (χ1) is 10.2. The average molecular weight is 284 g/mol. The second-order valence-electron chi connectivity index (χ2n) is 5.33. The lowest BCUT2D eigenvalue weighted by atomic mass is 9.97. The Bertz CT molecular complexity index is 598. The van der Waals surface area contributed by atoms with Gasteiger partial charge in [-0.2, -0.15) is 0 Å². The highest BCUT2D eigenvalue weighted by Gasteiger charge is 2.42. The fourth-order valence-corrected chi connectivity index (χ4v) is 2.82. The molecule has 110 valence electrons. The second kappa shape index (κ2) is 5.89. The molecule has 0 amide bonds. The maximum Gasteiger partial charge on any atom is 0.207 e. The first-order valence-electron chi connectivity index (χ1n) is 7.24. The van der Waals surface area contributed by atoms with Gasteiger partial charge in [0.2, 0.25) is 5.72 Å². The van der Waals surface area contributed by atoms with E-state index in [-0.39, 0.29) is 0 Å². The predicted molar refractivity (Wildman–Crippen MR) is 80.4 cm³/mol. The number of nitrogens with one attached hydrogen (secondary N) is 1. The first-order valence-corrected chi connectivity index (χ1v) is 7.24. The van der Waals surface area contributed by atoms with Gasteiger partial charge in [0.15, 0.2) is 0 Å². The van der Waals surface area contributed by atoms with Gasteiger partial charge in [-0.05, 0) is 43.7 Å². The van der Waals surface area contributed by atoms with Crippen LogP contribution in [-0.2, 0) is 5.72 Å². The van der Waals surface area contributed by atoms with Crippen LogP contribution in [0, 0.1) is 6.92 Å². The predicted octanol–water partition coefficient (Wildman–Crippen LogP) is 1.23. The lowest BCUT2D eigenvalue weighted by Gasteiger charge is -2.41. The van der Waals surface area contributed by atoms with E-state index in [1.54, 1.807) is 12.4 Å². The van der Waals surface area contributed by atoms with Crippen LogP contribution >= 0.6 is 0 Å². The minimum Gasteiger partial charge on any atom is -0.365 e. The Morgan fingerprint density at radius 2 is 2.05 bits per heavy atom. The summed E-state index contributed by atoms with van der Waals surface area (Å²) in [6.07, 6.45) is 4.41. The third kappa shape index (κ3) is 2.55. The zero-order chi connectivity index (χ0) is 14.7. The smallest absolute Gasteiger partial charge is 0.207 e. The summed E-state index contributed by atoms with van der Waals surface area (Å²) in [4.78, 5) is 10.8. The highest BCUT2D eigenvalue weighted by atomic mass is 16.3. The molecule has 1 saturated heterocycles. The Hall–Kier alpha value is -1.82. The van der Waals surface area contributed by atoms with Crippen molar-refractivity contribution < 1.29 is 5.11 Å². The van der Waals surface area contributed by atoms with E-state index in [2.05, 4.69) is 15.3 Å². The van der Waals surface area contributed by atoms with Crippen molar-refractivity contribution in [2.45, 2.75) is 19.1 Å². The summed E-state index contributed by atoms with van der Waals surface area (Å²) in [5.41, 5.74) is 0.902. The number of aromatic nitrogens is 2. The van der Waals surface area contributed by atoms with Crippen LogP contribution in [0.1, 0.15) is 23.4 Å². The summed E-state index contributed by atoms with van der Waals surface area (Å²) in [7, 11) is 0. The minimum absolute atomic E-state index is 0.607. The number of aliphatic hydroxyl groups is 1.